The van der Waals surface area contributed by atoms with Gasteiger partial charge < -0.3 is 14.6 Å². The van der Waals surface area contributed by atoms with Crippen LogP contribution in [-0.2, 0) is 9.59 Å². The summed E-state index contributed by atoms with van der Waals surface area (Å²) in [5.74, 6) is 0.212. The van der Waals surface area contributed by atoms with E-state index in [0.29, 0.717) is 12.3 Å². The summed E-state index contributed by atoms with van der Waals surface area (Å²) >= 11 is 0. The predicted molar refractivity (Wildman–Crippen MR) is 68.7 cm³/mol. The number of furan rings is 1. The van der Waals surface area contributed by atoms with E-state index in [1.165, 1.54) is 17.2 Å². The molecule has 18 heavy (non-hydrogen) atoms. The molecule has 0 aliphatic heterocycles. The molecule has 1 aromatic heterocycles. The van der Waals surface area contributed by atoms with E-state index in [-0.39, 0.29) is 18.4 Å². The van der Waals surface area contributed by atoms with E-state index in [9.17, 15) is 9.59 Å². The van der Waals surface area contributed by atoms with E-state index in [2.05, 4.69) is 5.32 Å². The fourth-order valence-corrected chi connectivity index (χ4v) is 1.28. The van der Waals surface area contributed by atoms with Crippen molar-refractivity contribution in [2.24, 2.45) is 0 Å². The van der Waals surface area contributed by atoms with Crippen LogP contribution >= 0.6 is 0 Å². The molecule has 0 bridgehead atoms. The molecule has 1 heterocycles. The van der Waals surface area contributed by atoms with Gasteiger partial charge in [0.25, 0.3) is 0 Å². The Bertz CT molecular complexity index is 410. The van der Waals surface area contributed by atoms with Crippen molar-refractivity contribution < 1.29 is 14.0 Å². The molecule has 0 aromatic carbocycles. The van der Waals surface area contributed by atoms with Crippen molar-refractivity contribution in [1.29, 1.82) is 0 Å². The van der Waals surface area contributed by atoms with Crippen molar-refractivity contribution in [2.75, 3.05) is 20.1 Å². The van der Waals surface area contributed by atoms with Crippen LogP contribution in [0.4, 0.5) is 0 Å². The number of likely N-dealkylation sites (N-methyl/N-ethyl adjacent to an activating group) is 1. The standard InChI is InChI=1S/C13H18N2O3/c1-3-8-14-12(16)10-15(2)13(17)7-6-11-5-4-9-18-11/h4-7,9H,3,8,10H2,1-2H3,(H,14,16)/b7-6+. The summed E-state index contributed by atoms with van der Waals surface area (Å²) in [6.07, 6.45) is 5.36. The molecule has 0 atom stereocenters. The normalized spacial score (nSPS) is 10.6. The summed E-state index contributed by atoms with van der Waals surface area (Å²) in [4.78, 5) is 24.4. The lowest BCUT2D eigenvalue weighted by Gasteiger charge is -2.14. The molecule has 0 radical (unpaired) electrons. The van der Waals surface area contributed by atoms with Crippen LogP contribution in [0.2, 0.25) is 0 Å². The van der Waals surface area contributed by atoms with Gasteiger partial charge in [-0.1, -0.05) is 6.92 Å². The van der Waals surface area contributed by atoms with Crippen molar-refractivity contribution in [2.45, 2.75) is 13.3 Å². The maximum absolute atomic E-state index is 11.7. The Hall–Kier alpha value is -2.04. The van der Waals surface area contributed by atoms with Crippen molar-refractivity contribution >= 4 is 17.9 Å². The minimum atomic E-state index is -0.238. The summed E-state index contributed by atoms with van der Waals surface area (Å²) < 4.78 is 5.06. The highest BCUT2D eigenvalue weighted by atomic mass is 16.3. The minimum Gasteiger partial charge on any atom is -0.465 e. The van der Waals surface area contributed by atoms with Gasteiger partial charge in [-0.3, -0.25) is 9.59 Å². The molecular weight excluding hydrogens is 232 g/mol. The summed E-state index contributed by atoms with van der Waals surface area (Å²) in [6.45, 7) is 2.66. The van der Waals surface area contributed by atoms with Crippen LogP contribution in [0, 0.1) is 0 Å². The number of carbonyl (C=O) groups is 2. The van der Waals surface area contributed by atoms with Crippen molar-refractivity contribution in [3.05, 3.63) is 30.2 Å². The summed E-state index contributed by atoms with van der Waals surface area (Å²) in [5.41, 5.74) is 0. The van der Waals surface area contributed by atoms with Crippen LogP contribution in [0.25, 0.3) is 6.08 Å². The number of hydrogen-bond donors (Lipinski definition) is 1. The number of rotatable bonds is 6. The van der Waals surface area contributed by atoms with Crippen LogP contribution < -0.4 is 5.32 Å². The molecule has 0 aliphatic carbocycles. The third kappa shape index (κ3) is 4.86. The van der Waals surface area contributed by atoms with Gasteiger partial charge in [-0.2, -0.15) is 0 Å². The minimum absolute atomic E-state index is 0.0569. The maximum Gasteiger partial charge on any atom is 0.246 e. The van der Waals surface area contributed by atoms with E-state index in [1.807, 2.05) is 6.92 Å². The number of nitrogens with zero attached hydrogens (tertiary/aromatic N) is 1. The van der Waals surface area contributed by atoms with E-state index < -0.39 is 0 Å². The fourth-order valence-electron chi connectivity index (χ4n) is 1.28. The van der Waals surface area contributed by atoms with Gasteiger partial charge in [-0.25, -0.2) is 0 Å². The van der Waals surface area contributed by atoms with Gasteiger partial charge in [-0.15, -0.1) is 0 Å². The second kappa shape index (κ2) is 7.32. The van der Waals surface area contributed by atoms with E-state index in [4.69, 9.17) is 4.42 Å². The summed E-state index contributed by atoms with van der Waals surface area (Å²) in [5, 5.41) is 2.71. The fraction of sp³-hybridized carbons (Fsp3) is 0.385. The molecule has 0 spiro atoms. The Morgan fingerprint density at radius 2 is 2.28 bits per heavy atom. The summed E-state index contributed by atoms with van der Waals surface area (Å²) in [7, 11) is 1.58. The Labute approximate surface area is 106 Å². The molecule has 1 rings (SSSR count). The zero-order valence-electron chi connectivity index (χ0n) is 10.7. The van der Waals surface area contributed by atoms with E-state index in [0.717, 1.165) is 6.42 Å². The Morgan fingerprint density at radius 3 is 2.89 bits per heavy atom. The highest BCUT2D eigenvalue weighted by molar-refractivity contribution is 5.93. The summed E-state index contributed by atoms with van der Waals surface area (Å²) in [6, 6.07) is 3.49. The smallest absolute Gasteiger partial charge is 0.246 e. The predicted octanol–water partition coefficient (Wildman–Crippen LogP) is 1.28. The molecule has 0 saturated carbocycles. The zero-order chi connectivity index (χ0) is 13.4. The molecule has 1 aromatic rings. The molecule has 5 heteroatoms. The first-order valence-corrected chi connectivity index (χ1v) is 5.87. The Morgan fingerprint density at radius 1 is 1.50 bits per heavy atom. The lowest BCUT2D eigenvalue weighted by molar-refractivity contribution is -0.131. The number of amides is 2. The first-order valence-electron chi connectivity index (χ1n) is 5.87. The maximum atomic E-state index is 11.7. The van der Waals surface area contributed by atoms with Gasteiger partial charge in [0.2, 0.25) is 11.8 Å². The molecule has 0 fully saturated rings. The van der Waals surface area contributed by atoms with Crippen LogP contribution in [-0.4, -0.2) is 36.9 Å². The van der Waals surface area contributed by atoms with Crippen LogP contribution in [0.1, 0.15) is 19.1 Å². The largest absolute Gasteiger partial charge is 0.465 e. The molecule has 2 amide bonds. The number of hydrogen-bond acceptors (Lipinski definition) is 3. The topological polar surface area (TPSA) is 62.6 Å². The van der Waals surface area contributed by atoms with Crippen molar-refractivity contribution in [3.63, 3.8) is 0 Å². The monoisotopic (exact) mass is 250 g/mol. The second-order valence-electron chi connectivity index (χ2n) is 3.89. The third-order valence-electron chi connectivity index (χ3n) is 2.26. The van der Waals surface area contributed by atoms with Gasteiger partial charge in [-0.05, 0) is 24.6 Å². The molecule has 0 aliphatic rings. The highest BCUT2D eigenvalue weighted by Gasteiger charge is 2.09. The van der Waals surface area contributed by atoms with Gasteiger partial charge in [0.15, 0.2) is 0 Å². The molecule has 0 unspecified atom stereocenters. The molecular formula is C13H18N2O3. The van der Waals surface area contributed by atoms with Crippen LogP contribution in [0.15, 0.2) is 28.9 Å². The lowest BCUT2D eigenvalue weighted by Crippen LogP contribution is -2.37. The lowest BCUT2D eigenvalue weighted by atomic mass is 10.3. The second-order valence-corrected chi connectivity index (χ2v) is 3.89. The average Bonchev–Trinajstić information content (AvgIpc) is 2.86. The third-order valence-corrected chi connectivity index (χ3v) is 2.26. The Balaban J connectivity index is 2.39. The van der Waals surface area contributed by atoms with Crippen molar-refractivity contribution in [1.82, 2.24) is 10.2 Å². The highest BCUT2D eigenvalue weighted by Crippen LogP contribution is 2.02. The van der Waals surface area contributed by atoms with Crippen molar-refractivity contribution in [3.8, 4) is 0 Å². The van der Waals surface area contributed by atoms with Gasteiger partial charge in [0, 0.05) is 19.7 Å². The number of carbonyl (C=O) groups excluding carboxylic acids is 2. The first-order chi connectivity index (χ1) is 8.63. The average molecular weight is 250 g/mol. The van der Waals surface area contributed by atoms with Crippen LogP contribution in [0.3, 0.4) is 0 Å². The molecule has 1 N–H and O–H groups in total. The van der Waals surface area contributed by atoms with Gasteiger partial charge in [0.1, 0.15) is 5.76 Å². The quantitative estimate of drug-likeness (QED) is 0.773. The molecule has 5 nitrogen and oxygen atoms in total. The SMILES string of the molecule is CCCNC(=O)CN(C)C(=O)/C=C/c1ccco1. The van der Waals surface area contributed by atoms with Gasteiger partial charge in [0.05, 0.1) is 12.8 Å². The molecule has 0 saturated heterocycles. The number of nitrogens with one attached hydrogen (secondary N) is 1. The van der Waals surface area contributed by atoms with Gasteiger partial charge >= 0.3 is 0 Å². The molecule has 98 valence electrons. The Kier molecular flexibility index (Phi) is 5.70. The first kappa shape index (κ1) is 14.0. The van der Waals surface area contributed by atoms with E-state index >= 15 is 0 Å². The van der Waals surface area contributed by atoms with Crippen LogP contribution in [0.5, 0.6) is 0 Å². The zero-order valence-corrected chi connectivity index (χ0v) is 10.7. The van der Waals surface area contributed by atoms with E-state index in [1.54, 1.807) is 25.3 Å².